The molecule has 4 N–H and O–H groups in total. The lowest BCUT2D eigenvalue weighted by Gasteiger charge is -2.17. The van der Waals surface area contributed by atoms with Crippen LogP contribution < -0.4 is 21.1 Å². The quantitative estimate of drug-likeness (QED) is 0.480. The molecule has 2 aliphatic rings. The highest BCUT2D eigenvalue weighted by atomic mass is 16.5. The minimum atomic E-state index is -0.152. The third kappa shape index (κ3) is 5.82. The van der Waals surface area contributed by atoms with Gasteiger partial charge in [0.2, 0.25) is 5.95 Å². The normalized spacial score (nSPS) is 16.7. The van der Waals surface area contributed by atoms with Gasteiger partial charge in [-0.05, 0) is 68.7 Å². The largest absolute Gasteiger partial charge is 0.491 e. The number of nitrogens with two attached hydrogens (primary N) is 1. The molecule has 0 aliphatic carbocycles. The smallest absolute Gasteiger partial charge is 0.251 e. The SMILES string of the molecule is CC(C)Oc1ccc2cc1COCC[C@@H](C)CNC(=O)c1ccc(c(N)c1)-c1ccnc(n1)N2. The van der Waals surface area contributed by atoms with Crippen molar-refractivity contribution in [1.82, 2.24) is 15.3 Å². The molecule has 0 radical (unpaired) electrons. The summed E-state index contributed by atoms with van der Waals surface area (Å²) in [5, 5.41) is 6.25. The average molecular weight is 462 g/mol. The van der Waals surface area contributed by atoms with Gasteiger partial charge in [-0.15, -0.1) is 0 Å². The molecule has 1 aromatic heterocycles. The van der Waals surface area contributed by atoms with E-state index in [0.29, 0.717) is 42.7 Å². The van der Waals surface area contributed by atoms with Crippen molar-refractivity contribution in [3.63, 3.8) is 0 Å². The summed E-state index contributed by atoms with van der Waals surface area (Å²) in [6, 6.07) is 12.9. The maximum atomic E-state index is 12.6. The molecule has 2 aromatic carbocycles. The molecule has 3 heterocycles. The standard InChI is InChI=1S/C26H31N5O3/c1-16(2)34-24-7-5-20-12-19(24)15-33-11-9-17(3)14-29-25(32)18-4-6-21(22(27)13-18)23-8-10-28-26(30-20)31-23/h4-8,10,12-13,16-17H,9,11,14-15,27H2,1-3H3,(H,29,32)(H,28,30,31)/t17-/m1/s1. The van der Waals surface area contributed by atoms with Gasteiger partial charge in [-0.1, -0.05) is 6.92 Å². The predicted molar refractivity (Wildman–Crippen MR) is 133 cm³/mol. The fourth-order valence-electron chi connectivity index (χ4n) is 3.71. The maximum Gasteiger partial charge on any atom is 0.251 e. The van der Waals surface area contributed by atoms with Crippen molar-refractivity contribution in [2.45, 2.75) is 39.9 Å². The summed E-state index contributed by atoms with van der Waals surface area (Å²) in [5.41, 5.74) is 10.5. The van der Waals surface area contributed by atoms with Crippen LogP contribution in [0.3, 0.4) is 0 Å². The third-order valence-electron chi connectivity index (χ3n) is 5.55. The molecule has 3 aromatic rings. The zero-order valence-electron chi connectivity index (χ0n) is 19.8. The molecule has 1 amide bonds. The Morgan fingerprint density at radius 2 is 2.03 bits per heavy atom. The molecule has 0 unspecified atom stereocenters. The minimum absolute atomic E-state index is 0.0485. The number of fused-ring (bicyclic) bond motifs is 9. The van der Waals surface area contributed by atoms with Crippen LogP contribution in [0.1, 0.15) is 43.1 Å². The first-order chi connectivity index (χ1) is 16.4. The number of nitrogens with zero attached hydrogens (tertiary/aromatic N) is 2. The molecule has 5 rings (SSSR count). The van der Waals surface area contributed by atoms with Gasteiger partial charge in [-0.2, -0.15) is 0 Å². The van der Waals surface area contributed by atoms with Crippen molar-refractivity contribution in [1.29, 1.82) is 0 Å². The lowest BCUT2D eigenvalue weighted by atomic mass is 10.0. The molecule has 0 spiro atoms. The Balaban J connectivity index is 1.69. The number of hydrogen-bond donors (Lipinski definition) is 3. The molecular weight excluding hydrogens is 430 g/mol. The van der Waals surface area contributed by atoms with Crippen molar-refractivity contribution in [3.05, 3.63) is 59.8 Å². The molecule has 0 saturated heterocycles. The Morgan fingerprint density at radius 3 is 2.82 bits per heavy atom. The van der Waals surface area contributed by atoms with E-state index in [1.807, 2.05) is 38.1 Å². The molecule has 0 fully saturated rings. The maximum absolute atomic E-state index is 12.6. The topological polar surface area (TPSA) is 111 Å². The van der Waals surface area contributed by atoms with Gasteiger partial charge < -0.3 is 25.8 Å². The molecule has 8 nitrogen and oxygen atoms in total. The van der Waals surface area contributed by atoms with E-state index in [9.17, 15) is 4.79 Å². The van der Waals surface area contributed by atoms with Crippen LogP contribution in [0.15, 0.2) is 48.7 Å². The highest BCUT2D eigenvalue weighted by Gasteiger charge is 2.14. The van der Waals surface area contributed by atoms with E-state index in [2.05, 4.69) is 27.5 Å². The molecule has 178 valence electrons. The van der Waals surface area contributed by atoms with Crippen molar-refractivity contribution >= 4 is 23.2 Å². The van der Waals surface area contributed by atoms with Crippen LogP contribution in [0.25, 0.3) is 11.3 Å². The summed E-state index contributed by atoms with van der Waals surface area (Å²) in [4.78, 5) is 21.6. The lowest BCUT2D eigenvalue weighted by Crippen LogP contribution is -2.28. The average Bonchev–Trinajstić information content (AvgIpc) is 2.81. The van der Waals surface area contributed by atoms with Gasteiger partial charge in [0, 0.05) is 47.4 Å². The summed E-state index contributed by atoms with van der Waals surface area (Å²) in [6.07, 6.45) is 2.54. The van der Waals surface area contributed by atoms with Crippen LogP contribution in [0.5, 0.6) is 5.75 Å². The predicted octanol–water partition coefficient (Wildman–Crippen LogP) is 4.54. The Morgan fingerprint density at radius 1 is 1.18 bits per heavy atom. The van der Waals surface area contributed by atoms with Crippen LogP contribution in [-0.2, 0) is 11.3 Å². The number of carbonyl (C=O) groups excluding carboxylic acids is 1. The number of anilines is 3. The molecule has 6 bridgehead atoms. The monoisotopic (exact) mass is 461 g/mol. The number of amides is 1. The van der Waals surface area contributed by atoms with E-state index >= 15 is 0 Å². The second kappa shape index (κ2) is 10.5. The second-order valence-electron chi connectivity index (χ2n) is 8.84. The number of rotatable bonds is 2. The molecule has 8 heteroatoms. The van der Waals surface area contributed by atoms with E-state index in [-0.39, 0.29) is 17.9 Å². The molecular formula is C26H31N5O3. The van der Waals surface area contributed by atoms with Gasteiger partial charge >= 0.3 is 0 Å². The van der Waals surface area contributed by atoms with Crippen LogP contribution in [-0.4, -0.2) is 35.1 Å². The summed E-state index contributed by atoms with van der Waals surface area (Å²) in [7, 11) is 0. The Hall–Kier alpha value is -3.65. The molecule has 1 atom stereocenters. The van der Waals surface area contributed by atoms with E-state index in [0.717, 1.165) is 29.0 Å². The van der Waals surface area contributed by atoms with Gasteiger partial charge in [-0.3, -0.25) is 4.79 Å². The van der Waals surface area contributed by atoms with Crippen molar-refractivity contribution in [2.75, 3.05) is 24.2 Å². The number of hydrogen-bond acceptors (Lipinski definition) is 7. The zero-order chi connectivity index (χ0) is 24.1. The van der Waals surface area contributed by atoms with E-state index in [1.165, 1.54) is 0 Å². The summed E-state index contributed by atoms with van der Waals surface area (Å²) in [5.74, 6) is 1.34. The van der Waals surface area contributed by atoms with Crippen molar-refractivity contribution < 1.29 is 14.3 Å². The highest BCUT2D eigenvalue weighted by Crippen LogP contribution is 2.29. The summed E-state index contributed by atoms with van der Waals surface area (Å²) in [6.45, 7) is 7.63. The Kier molecular flexibility index (Phi) is 7.27. The number of benzene rings is 2. The molecule has 0 saturated carbocycles. The van der Waals surface area contributed by atoms with Crippen molar-refractivity contribution in [2.24, 2.45) is 5.92 Å². The first kappa shape index (κ1) is 23.5. The molecule has 2 aliphatic heterocycles. The van der Waals surface area contributed by atoms with Crippen molar-refractivity contribution in [3.8, 4) is 17.0 Å². The lowest BCUT2D eigenvalue weighted by molar-refractivity contribution is 0.0922. The van der Waals surface area contributed by atoms with E-state index in [4.69, 9.17) is 15.2 Å². The van der Waals surface area contributed by atoms with Crippen LogP contribution >= 0.6 is 0 Å². The Labute approximate surface area is 199 Å². The fourth-order valence-corrected chi connectivity index (χ4v) is 3.71. The van der Waals surface area contributed by atoms with Gasteiger partial charge in [0.25, 0.3) is 5.91 Å². The van der Waals surface area contributed by atoms with Gasteiger partial charge in [0.15, 0.2) is 0 Å². The Bertz CT molecular complexity index is 1160. The number of ether oxygens (including phenoxy) is 2. The third-order valence-corrected chi connectivity index (χ3v) is 5.55. The number of carbonyl (C=O) groups is 1. The minimum Gasteiger partial charge on any atom is -0.491 e. The first-order valence-electron chi connectivity index (χ1n) is 11.5. The highest BCUT2D eigenvalue weighted by molar-refractivity contribution is 5.96. The van der Waals surface area contributed by atoms with Gasteiger partial charge in [0.05, 0.1) is 18.4 Å². The number of aromatic nitrogens is 2. The summed E-state index contributed by atoms with van der Waals surface area (Å²) >= 11 is 0. The summed E-state index contributed by atoms with van der Waals surface area (Å²) < 4.78 is 11.9. The number of nitrogens with one attached hydrogen (secondary N) is 2. The zero-order valence-corrected chi connectivity index (χ0v) is 19.8. The second-order valence-corrected chi connectivity index (χ2v) is 8.84. The molecule has 34 heavy (non-hydrogen) atoms. The van der Waals surface area contributed by atoms with Gasteiger partial charge in [0.1, 0.15) is 5.75 Å². The van der Waals surface area contributed by atoms with E-state index < -0.39 is 0 Å². The van der Waals surface area contributed by atoms with Crippen LogP contribution in [0, 0.1) is 5.92 Å². The van der Waals surface area contributed by atoms with Crippen LogP contribution in [0.2, 0.25) is 0 Å². The van der Waals surface area contributed by atoms with E-state index in [1.54, 1.807) is 24.4 Å². The van der Waals surface area contributed by atoms with Crippen LogP contribution in [0.4, 0.5) is 17.3 Å². The number of nitrogen functional groups attached to an aromatic ring is 1. The first-order valence-corrected chi connectivity index (χ1v) is 11.5. The van der Waals surface area contributed by atoms with Gasteiger partial charge in [-0.25, -0.2) is 9.97 Å². The fraction of sp³-hybridized carbons (Fsp3) is 0.346.